The maximum atomic E-state index is 11.7. The molecule has 4 rings (SSSR count). The van der Waals surface area contributed by atoms with E-state index in [2.05, 4.69) is 58.1 Å². The lowest BCUT2D eigenvalue weighted by Crippen LogP contribution is -2.34. The fourth-order valence-corrected chi connectivity index (χ4v) is 4.05. The summed E-state index contributed by atoms with van der Waals surface area (Å²) >= 11 is 0. The van der Waals surface area contributed by atoms with Gasteiger partial charge in [-0.2, -0.15) is 5.10 Å². The van der Waals surface area contributed by atoms with Crippen molar-refractivity contribution >= 4 is 22.8 Å². The quantitative estimate of drug-likeness (QED) is 0.613. The van der Waals surface area contributed by atoms with Gasteiger partial charge in [0.1, 0.15) is 18.7 Å². The number of ether oxygens (including phenoxy) is 1. The Morgan fingerprint density at radius 3 is 2.72 bits per heavy atom. The van der Waals surface area contributed by atoms with Crippen LogP contribution in [0.4, 0.5) is 5.82 Å². The van der Waals surface area contributed by atoms with Gasteiger partial charge in [-0.15, -0.1) is 0 Å². The Balaban J connectivity index is 1.70. The molecule has 3 heterocycles. The maximum absolute atomic E-state index is 11.7. The molecule has 1 aliphatic rings. The Labute approximate surface area is 170 Å². The molecule has 3 aromatic rings. The number of hydrogen-bond donors (Lipinski definition) is 0. The number of piperidine rings is 1. The Hall–Kier alpha value is -2.96. The molecule has 1 unspecified atom stereocenters. The van der Waals surface area contributed by atoms with Crippen LogP contribution in [0.2, 0.25) is 0 Å². The zero-order valence-electron chi connectivity index (χ0n) is 17.2. The maximum Gasteiger partial charge on any atom is 0.327 e. The second-order valence-corrected chi connectivity index (χ2v) is 7.84. The van der Waals surface area contributed by atoms with Crippen molar-refractivity contribution in [2.45, 2.75) is 51.6 Å². The van der Waals surface area contributed by atoms with Crippen molar-refractivity contribution in [3.63, 3.8) is 0 Å². The molecule has 0 saturated carbocycles. The molecule has 1 atom stereocenters. The number of rotatable bonds is 5. The molecule has 1 saturated heterocycles. The first-order valence-electron chi connectivity index (χ1n) is 10.2. The number of benzene rings is 1. The molecule has 0 amide bonds. The van der Waals surface area contributed by atoms with Crippen LogP contribution in [-0.2, 0) is 16.1 Å². The van der Waals surface area contributed by atoms with Crippen LogP contribution in [0.5, 0.6) is 0 Å². The molecule has 0 spiro atoms. The monoisotopic (exact) mass is 393 g/mol. The van der Waals surface area contributed by atoms with Gasteiger partial charge in [0.25, 0.3) is 0 Å². The minimum absolute atomic E-state index is 0.0382. The summed E-state index contributed by atoms with van der Waals surface area (Å²) in [7, 11) is 1.37. The van der Waals surface area contributed by atoms with E-state index in [1.807, 2.05) is 0 Å². The first-order valence-corrected chi connectivity index (χ1v) is 10.2. The molecular formula is C22H27N5O2. The molecule has 0 radical (unpaired) electrons. The minimum Gasteiger partial charge on any atom is -0.468 e. The number of hydrogen-bond acceptors (Lipinski definition) is 6. The largest absolute Gasteiger partial charge is 0.468 e. The summed E-state index contributed by atoms with van der Waals surface area (Å²) < 4.78 is 6.34. The van der Waals surface area contributed by atoms with E-state index >= 15 is 0 Å². The number of fused-ring (bicyclic) bond motifs is 1. The van der Waals surface area contributed by atoms with E-state index < -0.39 is 0 Å². The van der Waals surface area contributed by atoms with Crippen LogP contribution in [0, 0.1) is 0 Å². The average molecular weight is 393 g/mol. The number of anilines is 1. The second-order valence-electron chi connectivity index (χ2n) is 7.84. The number of carbonyl (C=O) groups excluding carboxylic acids is 1. The van der Waals surface area contributed by atoms with Crippen molar-refractivity contribution in [2.75, 3.05) is 18.6 Å². The third-order valence-corrected chi connectivity index (χ3v) is 5.68. The van der Waals surface area contributed by atoms with Crippen LogP contribution in [0.15, 0.2) is 36.8 Å². The summed E-state index contributed by atoms with van der Waals surface area (Å²) in [6.45, 7) is 5.40. The number of methoxy groups -OCH3 is 1. The van der Waals surface area contributed by atoms with Crippen LogP contribution in [0.3, 0.4) is 0 Å². The van der Waals surface area contributed by atoms with Crippen LogP contribution >= 0.6 is 0 Å². The van der Waals surface area contributed by atoms with Gasteiger partial charge < -0.3 is 9.64 Å². The fourth-order valence-electron chi connectivity index (χ4n) is 4.05. The standard InChI is InChI=1S/C22H27N5O2/c1-15(2)16-7-9-17(10-8-16)19-6-4-5-11-26(19)21-18-12-25-27(13-20(28)29-3)22(18)24-14-23-21/h7-10,12,14-15,19H,4-6,11,13H2,1-3H3. The summed E-state index contributed by atoms with van der Waals surface area (Å²) in [6, 6.07) is 9.23. The third kappa shape index (κ3) is 3.81. The predicted octanol–water partition coefficient (Wildman–Crippen LogP) is 3.85. The van der Waals surface area contributed by atoms with Gasteiger partial charge in [0.15, 0.2) is 5.65 Å². The van der Waals surface area contributed by atoms with Gasteiger partial charge in [-0.3, -0.25) is 4.79 Å². The van der Waals surface area contributed by atoms with E-state index in [-0.39, 0.29) is 18.6 Å². The van der Waals surface area contributed by atoms with E-state index in [1.165, 1.54) is 24.7 Å². The van der Waals surface area contributed by atoms with E-state index in [4.69, 9.17) is 4.74 Å². The lowest BCUT2D eigenvalue weighted by atomic mass is 9.93. The number of esters is 1. The molecule has 1 aliphatic heterocycles. The molecule has 0 bridgehead atoms. The minimum atomic E-state index is -0.351. The van der Waals surface area contributed by atoms with E-state index in [0.717, 1.165) is 30.6 Å². The second kappa shape index (κ2) is 8.19. The number of carbonyl (C=O) groups is 1. The van der Waals surface area contributed by atoms with Gasteiger partial charge in [0, 0.05) is 6.54 Å². The Kier molecular flexibility index (Phi) is 5.47. The molecule has 1 fully saturated rings. The molecule has 2 aromatic heterocycles. The highest BCUT2D eigenvalue weighted by atomic mass is 16.5. The van der Waals surface area contributed by atoms with Crippen molar-refractivity contribution in [1.82, 2.24) is 19.7 Å². The summed E-state index contributed by atoms with van der Waals surface area (Å²) in [4.78, 5) is 23.0. The Morgan fingerprint density at radius 1 is 1.21 bits per heavy atom. The smallest absolute Gasteiger partial charge is 0.327 e. The van der Waals surface area contributed by atoms with Gasteiger partial charge in [0.05, 0.1) is 24.7 Å². The first-order chi connectivity index (χ1) is 14.1. The van der Waals surface area contributed by atoms with E-state index in [9.17, 15) is 4.79 Å². The van der Waals surface area contributed by atoms with Gasteiger partial charge in [0.2, 0.25) is 0 Å². The van der Waals surface area contributed by atoms with Crippen molar-refractivity contribution in [1.29, 1.82) is 0 Å². The van der Waals surface area contributed by atoms with E-state index in [0.29, 0.717) is 11.6 Å². The van der Waals surface area contributed by atoms with Gasteiger partial charge in [-0.1, -0.05) is 38.1 Å². The van der Waals surface area contributed by atoms with Crippen LogP contribution < -0.4 is 4.90 Å². The first kappa shape index (κ1) is 19.4. The number of aromatic nitrogens is 4. The highest BCUT2D eigenvalue weighted by molar-refractivity contribution is 5.87. The summed E-state index contributed by atoms with van der Waals surface area (Å²) in [6.07, 6.45) is 6.72. The van der Waals surface area contributed by atoms with Crippen LogP contribution in [0.25, 0.3) is 11.0 Å². The molecule has 152 valence electrons. The predicted molar refractivity (Wildman–Crippen MR) is 112 cm³/mol. The zero-order valence-corrected chi connectivity index (χ0v) is 17.2. The Morgan fingerprint density at radius 2 is 2.00 bits per heavy atom. The molecular weight excluding hydrogens is 366 g/mol. The van der Waals surface area contributed by atoms with Crippen molar-refractivity contribution in [3.05, 3.63) is 47.9 Å². The summed E-state index contributed by atoms with van der Waals surface area (Å²) in [5.41, 5.74) is 3.31. The average Bonchev–Trinajstić information content (AvgIpc) is 3.16. The SMILES string of the molecule is COC(=O)Cn1ncc2c(N3CCCCC3c3ccc(C(C)C)cc3)ncnc21. The molecule has 0 N–H and O–H groups in total. The normalized spacial score (nSPS) is 17.1. The molecule has 7 nitrogen and oxygen atoms in total. The van der Waals surface area contributed by atoms with Crippen molar-refractivity contribution in [2.24, 2.45) is 0 Å². The Bertz CT molecular complexity index is 996. The number of nitrogens with zero attached hydrogens (tertiary/aromatic N) is 5. The fraction of sp³-hybridized carbons (Fsp3) is 0.455. The van der Waals surface area contributed by atoms with Crippen molar-refractivity contribution in [3.8, 4) is 0 Å². The van der Waals surface area contributed by atoms with Crippen LogP contribution in [0.1, 0.15) is 56.2 Å². The summed E-state index contributed by atoms with van der Waals surface area (Å²) in [5.74, 6) is 1.05. The highest BCUT2D eigenvalue weighted by Crippen LogP contribution is 2.37. The summed E-state index contributed by atoms with van der Waals surface area (Å²) in [5, 5.41) is 5.22. The topological polar surface area (TPSA) is 73.1 Å². The molecule has 7 heteroatoms. The van der Waals surface area contributed by atoms with Gasteiger partial charge >= 0.3 is 5.97 Å². The zero-order chi connectivity index (χ0) is 20.4. The molecule has 0 aliphatic carbocycles. The molecule has 1 aromatic carbocycles. The lowest BCUT2D eigenvalue weighted by molar-refractivity contribution is -0.141. The lowest BCUT2D eigenvalue weighted by Gasteiger charge is -2.37. The van der Waals surface area contributed by atoms with Gasteiger partial charge in [-0.05, 0) is 36.3 Å². The van der Waals surface area contributed by atoms with Gasteiger partial charge in [-0.25, -0.2) is 14.6 Å². The van der Waals surface area contributed by atoms with Crippen LogP contribution in [-0.4, -0.2) is 39.4 Å². The highest BCUT2D eigenvalue weighted by Gasteiger charge is 2.27. The third-order valence-electron chi connectivity index (χ3n) is 5.68. The van der Waals surface area contributed by atoms with Crippen molar-refractivity contribution < 1.29 is 9.53 Å². The molecule has 29 heavy (non-hydrogen) atoms. The van der Waals surface area contributed by atoms with E-state index in [1.54, 1.807) is 17.2 Å².